The summed E-state index contributed by atoms with van der Waals surface area (Å²) in [4.78, 5) is 11.4. The molecule has 0 aliphatic rings. The summed E-state index contributed by atoms with van der Waals surface area (Å²) in [7, 11) is 1.64. The van der Waals surface area contributed by atoms with Crippen LogP contribution in [-0.4, -0.2) is 23.8 Å². The van der Waals surface area contributed by atoms with Crippen LogP contribution in [0.3, 0.4) is 0 Å². The van der Waals surface area contributed by atoms with Crippen LogP contribution < -0.4 is 0 Å². The lowest BCUT2D eigenvalue weighted by molar-refractivity contribution is 0.107. The molecule has 0 aliphatic carbocycles. The lowest BCUT2D eigenvalue weighted by Crippen LogP contribution is -2.02. The van der Waals surface area contributed by atoms with Crippen molar-refractivity contribution in [3.05, 3.63) is 41.7 Å². The second-order valence-electron chi connectivity index (χ2n) is 3.97. The number of carbonyl (C=O) groups excluding carboxylic acids is 1. The Bertz CT molecular complexity index is 637. The Labute approximate surface area is 117 Å². The predicted molar refractivity (Wildman–Crippen MR) is 73.3 cm³/mol. The summed E-state index contributed by atoms with van der Waals surface area (Å²) >= 11 is 3.67. The van der Waals surface area contributed by atoms with Crippen molar-refractivity contribution < 1.29 is 13.6 Å². The first kappa shape index (κ1) is 13.9. The van der Waals surface area contributed by atoms with Crippen LogP contribution in [0.25, 0.3) is 11.1 Å². The van der Waals surface area contributed by atoms with Crippen LogP contribution in [0, 0.1) is 0 Å². The summed E-state index contributed by atoms with van der Waals surface area (Å²) < 4.78 is 20.9. The Morgan fingerprint density at radius 3 is 2.58 bits per heavy atom. The van der Waals surface area contributed by atoms with Crippen LogP contribution in [0.15, 0.2) is 30.5 Å². The first-order valence-electron chi connectivity index (χ1n) is 5.37. The van der Waals surface area contributed by atoms with Gasteiger partial charge in [0.25, 0.3) is 5.24 Å². The number of nitrogens with zero attached hydrogens (tertiary/aromatic N) is 2. The fourth-order valence-electron chi connectivity index (χ4n) is 1.80. The molecule has 0 radical (unpaired) electrons. The molecule has 0 aliphatic heterocycles. The molecule has 1 atom stereocenters. The monoisotopic (exact) mass is 298 g/mol. The summed E-state index contributed by atoms with van der Waals surface area (Å²) in [6.45, 7) is 0. The zero-order valence-electron chi connectivity index (χ0n) is 10.0. The fraction of sp³-hybridized carbons (Fsp3) is 0.167. The van der Waals surface area contributed by atoms with Gasteiger partial charge in [0, 0.05) is 12.6 Å². The van der Waals surface area contributed by atoms with Crippen molar-refractivity contribution in [2.75, 3.05) is 0 Å². The maximum atomic E-state index is 11.4. The van der Waals surface area contributed by atoms with Crippen molar-refractivity contribution in [3.8, 4) is 11.1 Å². The van der Waals surface area contributed by atoms with Crippen molar-refractivity contribution >= 4 is 27.9 Å². The van der Waals surface area contributed by atoms with Crippen molar-refractivity contribution in [3.63, 3.8) is 0 Å². The molecule has 0 amide bonds. The van der Waals surface area contributed by atoms with Gasteiger partial charge < -0.3 is 4.55 Å². The first-order valence-corrected chi connectivity index (χ1v) is 7.03. The van der Waals surface area contributed by atoms with E-state index in [0.717, 1.165) is 11.1 Å². The largest absolute Gasteiger partial charge is 0.306 e. The number of carbonyl (C=O) groups is 1. The van der Waals surface area contributed by atoms with Gasteiger partial charge in [0.05, 0.1) is 11.9 Å². The predicted octanol–water partition coefficient (Wildman–Crippen LogP) is 2.19. The zero-order valence-corrected chi connectivity index (χ0v) is 11.6. The van der Waals surface area contributed by atoms with Crippen LogP contribution in [0.4, 0.5) is 0 Å². The number of hydrogen-bond donors (Lipinski definition) is 1. The normalized spacial score (nSPS) is 12.4. The first-order chi connectivity index (χ1) is 8.99. The van der Waals surface area contributed by atoms with E-state index < -0.39 is 16.3 Å². The van der Waals surface area contributed by atoms with E-state index in [-0.39, 0.29) is 5.75 Å². The van der Waals surface area contributed by atoms with Crippen molar-refractivity contribution in [2.45, 2.75) is 5.75 Å². The Morgan fingerprint density at radius 1 is 1.42 bits per heavy atom. The Hall–Kier alpha value is -1.50. The minimum absolute atomic E-state index is 0.0780. The lowest BCUT2D eigenvalue weighted by Gasteiger charge is -2.03. The van der Waals surface area contributed by atoms with Crippen molar-refractivity contribution in [2.24, 2.45) is 7.05 Å². The van der Waals surface area contributed by atoms with Crippen LogP contribution in [-0.2, 0) is 23.9 Å². The van der Waals surface area contributed by atoms with Gasteiger partial charge in [-0.15, -0.1) is 0 Å². The molecule has 0 spiro atoms. The highest BCUT2D eigenvalue weighted by Gasteiger charge is 2.16. The number of aromatic nitrogens is 2. The van der Waals surface area contributed by atoms with Gasteiger partial charge in [-0.05, 0) is 22.7 Å². The number of rotatable bonds is 4. The molecule has 1 aromatic heterocycles. The molecule has 0 saturated carbocycles. The smallest absolute Gasteiger partial charge is 0.271 e. The highest BCUT2D eigenvalue weighted by atomic mass is 35.5. The summed E-state index contributed by atoms with van der Waals surface area (Å²) in [5, 5.41) is 3.43. The van der Waals surface area contributed by atoms with Crippen LogP contribution in [0.2, 0.25) is 0 Å². The van der Waals surface area contributed by atoms with Gasteiger partial charge >= 0.3 is 0 Å². The van der Waals surface area contributed by atoms with Gasteiger partial charge in [-0.25, -0.2) is 4.21 Å². The standard InChI is InChI=1S/C12H11ClN2O3S/c1-15-11(12(13)16)10(6-14-15)9-4-2-8(3-5-9)7-19(17)18/h2-6H,7H2,1H3,(H,17,18). The quantitative estimate of drug-likeness (QED) is 0.694. The summed E-state index contributed by atoms with van der Waals surface area (Å²) in [5.74, 6) is 0.0780. The molecule has 5 nitrogen and oxygen atoms in total. The molecule has 1 unspecified atom stereocenters. The van der Waals surface area contributed by atoms with Crippen molar-refractivity contribution in [1.29, 1.82) is 0 Å². The lowest BCUT2D eigenvalue weighted by atomic mass is 10.1. The molecule has 1 aromatic carbocycles. The summed E-state index contributed by atoms with van der Waals surface area (Å²) in [6.07, 6.45) is 1.56. The Morgan fingerprint density at radius 2 is 2.05 bits per heavy atom. The van der Waals surface area contributed by atoms with E-state index in [1.165, 1.54) is 4.68 Å². The molecular formula is C12H11ClN2O3S. The number of aryl methyl sites for hydroxylation is 1. The average molecular weight is 299 g/mol. The second-order valence-corrected chi connectivity index (χ2v) is 5.24. The van der Waals surface area contributed by atoms with Crippen molar-refractivity contribution in [1.82, 2.24) is 9.78 Å². The van der Waals surface area contributed by atoms with E-state index in [1.807, 2.05) is 0 Å². The summed E-state index contributed by atoms with van der Waals surface area (Å²) in [5.41, 5.74) is 2.48. The third-order valence-corrected chi connectivity index (χ3v) is 3.44. The molecule has 2 rings (SSSR count). The molecule has 0 bridgehead atoms. The van der Waals surface area contributed by atoms with Gasteiger partial charge in [-0.1, -0.05) is 24.3 Å². The minimum Gasteiger partial charge on any atom is -0.306 e. The maximum Gasteiger partial charge on any atom is 0.271 e. The second kappa shape index (κ2) is 5.64. The molecule has 100 valence electrons. The molecule has 0 saturated heterocycles. The Kier molecular flexibility index (Phi) is 4.14. The van der Waals surface area contributed by atoms with E-state index in [0.29, 0.717) is 11.3 Å². The number of halogens is 1. The molecule has 7 heteroatoms. The van der Waals surface area contributed by atoms with Gasteiger partial charge in [-0.2, -0.15) is 5.10 Å². The van der Waals surface area contributed by atoms with Gasteiger partial charge in [-0.3, -0.25) is 9.48 Å². The molecule has 0 fully saturated rings. The van der Waals surface area contributed by atoms with E-state index >= 15 is 0 Å². The zero-order chi connectivity index (χ0) is 14.0. The van der Waals surface area contributed by atoms with Crippen LogP contribution >= 0.6 is 11.6 Å². The molecule has 1 heterocycles. The van der Waals surface area contributed by atoms with E-state index in [9.17, 15) is 9.00 Å². The molecular weight excluding hydrogens is 288 g/mol. The van der Waals surface area contributed by atoms with E-state index in [1.54, 1.807) is 37.5 Å². The third kappa shape index (κ3) is 3.09. The van der Waals surface area contributed by atoms with Gasteiger partial charge in [0.2, 0.25) is 0 Å². The Balaban J connectivity index is 2.37. The third-order valence-electron chi connectivity index (χ3n) is 2.68. The molecule has 19 heavy (non-hydrogen) atoms. The SMILES string of the molecule is Cn1ncc(-c2ccc(CS(=O)O)cc2)c1C(=O)Cl. The minimum atomic E-state index is -1.87. The number of benzene rings is 1. The van der Waals surface area contributed by atoms with Crippen LogP contribution in [0.5, 0.6) is 0 Å². The molecule has 1 N–H and O–H groups in total. The average Bonchev–Trinajstić information content (AvgIpc) is 2.71. The van der Waals surface area contributed by atoms with Gasteiger partial charge in [0.1, 0.15) is 5.69 Å². The maximum absolute atomic E-state index is 11.4. The van der Waals surface area contributed by atoms with Crippen LogP contribution in [0.1, 0.15) is 16.1 Å². The fourth-order valence-corrected chi connectivity index (χ4v) is 2.51. The molecule has 2 aromatic rings. The summed E-state index contributed by atoms with van der Waals surface area (Å²) in [6, 6.07) is 7.00. The number of hydrogen-bond acceptors (Lipinski definition) is 3. The topological polar surface area (TPSA) is 72.2 Å². The van der Waals surface area contributed by atoms with E-state index in [4.69, 9.17) is 16.2 Å². The highest BCUT2D eigenvalue weighted by molar-refractivity contribution is 7.78. The highest BCUT2D eigenvalue weighted by Crippen LogP contribution is 2.25. The van der Waals surface area contributed by atoms with Gasteiger partial charge in [0.15, 0.2) is 11.1 Å². The van der Waals surface area contributed by atoms with E-state index in [2.05, 4.69) is 5.10 Å².